The third-order valence-electron chi connectivity index (χ3n) is 3.94. The Kier molecular flexibility index (Phi) is 3.55. The number of nitrogens with two attached hydrogens (primary N) is 1. The minimum absolute atomic E-state index is 0.0967. The first-order chi connectivity index (χ1) is 8.50. The Morgan fingerprint density at radius 3 is 2.78 bits per heavy atom. The molecule has 0 aliphatic carbocycles. The van der Waals surface area contributed by atoms with E-state index in [2.05, 4.69) is 18.7 Å². The van der Waals surface area contributed by atoms with E-state index in [0.717, 1.165) is 13.0 Å². The lowest BCUT2D eigenvalue weighted by Gasteiger charge is -2.39. The highest BCUT2D eigenvalue weighted by atomic mass is 19.1. The standard InChI is InChI=1S/C14H20FN3/c1-9-4-3-7-18(10(9)2)13-6-5-11(14(16)17)8-12(13)15/h5-6,8-10H,3-4,7H2,1-2H3,(H3,16,17). The van der Waals surface area contributed by atoms with Gasteiger partial charge in [0.1, 0.15) is 11.7 Å². The molecule has 1 fully saturated rings. The normalized spacial score (nSPS) is 24.1. The highest BCUT2D eigenvalue weighted by Gasteiger charge is 2.26. The SMILES string of the molecule is CC1CCCN(c2ccc(C(=N)N)cc2F)C1C. The first-order valence-corrected chi connectivity index (χ1v) is 6.41. The molecule has 2 unspecified atom stereocenters. The summed E-state index contributed by atoms with van der Waals surface area (Å²) in [6.07, 6.45) is 2.30. The van der Waals surface area contributed by atoms with Crippen molar-refractivity contribution in [1.82, 2.24) is 0 Å². The van der Waals surface area contributed by atoms with Crippen LogP contribution in [0.4, 0.5) is 10.1 Å². The van der Waals surface area contributed by atoms with Gasteiger partial charge in [-0.05, 0) is 43.9 Å². The van der Waals surface area contributed by atoms with Crippen LogP contribution in [0.5, 0.6) is 0 Å². The number of benzene rings is 1. The lowest BCUT2D eigenvalue weighted by atomic mass is 9.91. The summed E-state index contributed by atoms with van der Waals surface area (Å²) in [6.45, 7) is 5.24. The second-order valence-electron chi connectivity index (χ2n) is 5.13. The van der Waals surface area contributed by atoms with Gasteiger partial charge in [0.15, 0.2) is 0 Å². The second-order valence-corrected chi connectivity index (χ2v) is 5.13. The Morgan fingerprint density at radius 2 is 2.17 bits per heavy atom. The molecule has 3 N–H and O–H groups in total. The van der Waals surface area contributed by atoms with Crippen molar-refractivity contribution in [2.75, 3.05) is 11.4 Å². The van der Waals surface area contributed by atoms with Crippen molar-refractivity contribution in [3.05, 3.63) is 29.6 Å². The first kappa shape index (κ1) is 12.9. The van der Waals surface area contributed by atoms with E-state index in [0.29, 0.717) is 23.2 Å². The van der Waals surface area contributed by atoms with Crippen LogP contribution in [-0.4, -0.2) is 18.4 Å². The van der Waals surface area contributed by atoms with Gasteiger partial charge in [-0.1, -0.05) is 6.92 Å². The molecule has 1 aliphatic heterocycles. The number of rotatable bonds is 2. The van der Waals surface area contributed by atoms with Gasteiger partial charge >= 0.3 is 0 Å². The highest BCUT2D eigenvalue weighted by molar-refractivity contribution is 5.95. The van der Waals surface area contributed by atoms with Crippen LogP contribution in [0.25, 0.3) is 0 Å². The lowest BCUT2D eigenvalue weighted by Crippen LogP contribution is -2.42. The number of nitrogens with one attached hydrogen (secondary N) is 1. The van der Waals surface area contributed by atoms with Crippen molar-refractivity contribution in [3.8, 4) is 0 Å². The number of piperidine rings is 1. The Morgan fingerprint density at radius 1 is 1.44 bits per heavy atom. The molecule has 0 spiro atoms. The third kappa shape index (κ3) is 2.33. The van der Waals surface area contributed by atoms with Crippen molar-refractivity contribution < 1.29 is 4.39 Å². The molecule has 0 aromatic heterocycles. The third-order valence-corrected chi connectivity index (χ3v) is 3.94. The van der Waals surface area contributed by atoms with Crippen LogP contribution < -0.4 is 10.6 Å². The molecule has 4 heteroatoms. The van der Waals surface area contributed by atoms with Gasteiger partial charge in [-0.3, -0.25) is 5.41 Å². The van der Waals surface area contributed by atoms with Crippen molar-refractivity contribution >= 4 is 11.5 Å². The molecule has 2 atom stereocenters. The number of anilines is 1. The Bertz CT molecular complexity index is 458. The molecule has 3 nitrogen and oxygen atoms in total. The molecule has 2 rings (SSSR count). The minimum Gasteiger partial charge on any atom is -0.384 e. The molecule has 0 amide bonds. The molecule has 1 aliphatic rings. The highest BCUT2D eigenvalue weighted by Crippen LogP contribution is 2.30. The topological polar surface area (TPSA) is 53.1 Å². The molecular weight excluding hydrogens is 229 g/mol. The molecule has 1 saturated heterocycles. The number of halogens is 1. The van der Waals surface area contributed by atoms with E-state index in [4.69, 9.17) is 11.1 Å². The summed E-state index contributed by atoms with van der Waals surface area (Å²) in [5.41, 5.74) is 6.43. The number of hydrogen-bond acceptors (Lipinski definition) is 2. The van der Waals surface area contributed by atoms with Crippen LogP contribution >= 0.6 is 0 Å². The van der Waals surface area contributed by atoms with Crippen LogP contribution in [0, 0.1) is 17.1 Å². The summed E-state index contributed by atoms with van der Waals surface area (Å²) in [4.78, 5) is 2.12. The number of nitrogen functional groups attached to an aromatic ring is 1. The van der Waals surface area contributed by atoms with E-state index in [9.17, 15) is 4.39 Å². The van der Waals surface area contributed by atoms with Gasteiger partial charge in [0, 0.05) is 18.2 Å². The van der Waals surface area contributed by atoms with Gasteiger partial charge in [0.25, 0.3) is 0 Å². The van der Waals surface area contributed by atoms with Crippen LogP contribution in [0.15, 0.2) is 18.2 Å². The van der Waals surface area contributed by atoms with E-state index in [1.807, 2.05) is 0 Å². The summed E-state index contributed by atoms with van der Waals surface area (Å²) >= 11 is 0. The summed E-state index contributed by atoms with van der Waals surface area (Å²) < 4.78 is 14.1. The fraction of sp³-hybridized carbons (Fsp3) is 0.500. The van der Waals surface area contributed by atoms with E-state index in [1.165, 1.54) is 12.5 Å². The smallest absolute Gasteiger partial charge is 0.147 e. The lowest BCUT2D eigenvalue weighted by molar-refractivity contribution is 0.360. The van der Waals surface area contributed by atoms with E-state index < -0.39 is 0 Å². The van der Waals surface area contributed by atoms with Crippen molar-refractivity contribution in [1.29, 1.82) is 5.41 Å². The van der Waals surface area contributed by atoms with Gasteiger partial charge in [-0.15, -0.1) is 0 Å². The van der Waals surface area contributed by atoms with Crippen molar-refractivity contribution in [2.45, 2.75) is 32.7 Å². The average molecular weight is 249 g/mol. The zero-order valence-corrected chi connectivity index (χ0v) is 10.9. The summed E-state index contributed by atoms with van der Waals surface area (Å²) in [6, 6.07) is 5.15. The molecule has 0 bridgehead atoms. The van der Waals surface area contributed by atoms with Crippen molar-refractivity contribution in [3.63, 3.8) is 0 Å². The summed E-state index contributed by atoms with van der Waals surface area (Å²) in [7, 11) is 0. The van der Waals surface area contributed by atoms with Crippen LogP contribution in [0.2, 0.25) is 0 Å². The van der Waals surface area contributed by atoms with Crippen LogP contribution in [0.1, 0.15) is 32.3 Å². The zero-order valence-electron chi connectivity index (χ0n) is 10.9. The molecule has 0 radical (unpaired) electrons. The average Bonchev–Trinajstić information content (AvgIpc) is 2.33. The summed E-state index contributed by atoms with van der Waals surface area (Å²) in [5.74, 6) is 0.190. The number of hydrogen-bond donors (Lipinski definition) is 2. The molecular formula is C14H20FN3. The van der Waals surface area contributed by atoms with E-state index >= 15 is 0 Å². The maximum atomic E-state index is 14.1. The van der Waals surface area contributed by atoms with Crippen LogP contribution in [0.3, 0.4) is 0 Å². The van der Waals surface area contributed by atoms with Crippen LogP contribution in [-0.2, 0) is 0 Å². The predicted molar refractivity (Wildman–Crippen MR) is 72.6 cm³/mol. The van der Waals surface area contributed by atoms with Gasteiger partial charge < -0.3 is 10.6 Å². The molecule has 1 aromatic carbocycles. The van der Waals surface area contributed by atoms with E-state index in [-0.39, 0.29) is 11.7 Å². The molecule has 1 aromatic rings. The molecule has 18 heavy (non-hydrogen) atoms. The Labute approximate surface area is 107 Å². The fourth-order valence-corrected chi connectivity index (χ4v) is 2.58. The number of amidine groups is 1. The quantitative estimate of drug-likeness (QED) is 0.625. The van der Waals surface area contributed by atoms with Gasteiger partial charge in [0.2, 0.25) is 0 Å². The van der Waals surface area contributed by atoms with Crippen molar-refractivity contribution in [2.24, 2.45) is 11.7 Å². The molecule has 1 heterocycles. The second kappa shape index (κ2) is 4.96. The van der Waals surface area contributed by atoms with Gasteiger partial charge in [-0.2, -0.15) is 0 Å². The number of nitrogens with zero attached hydrogens (tertiary/aromatic N) is 1. The predicted octanol–water partition coefficient (Wildman–Crippen LogP) is 2.73. The Balaban J connectivity index is 2.30. The molecule has 0 saturated carbocycles. The largest absolute Gasteiger partial charge is 0.384 e. The maximum Gasteiger partial charge on any atom is 0.147 e. The summed E-state index contributed by atoms with van der Waals surface area (Å²) in [5, 5.41) is 7.32. The maximum absolute atomic E-state index is 14.1. The first-order valence-electron chi connectivity index (χ1n) is 6.41. The Hall–Kier alpha value is -1.58. The minimum atomic E-state index is -0.288. The fourth-order valence-electron chi connectivity index (χ4n) is 2.58. The van der Waals surface area contributed by atoms with Gasteiger partial charge in [-0.25, -0.2) is 4.39 Å². The van der Waals surface area contributed by atoms with E-state index in [1.54, 1.807) is 12.1 Å². The molecule has 98 valence electrons. The zero-order chi connectivity index (χ0) is 13.3. The van der Waals surface area contributed by atoms with Gasteiger partial charge in [0.05, 0.1) is 5.69 Å². The monoisotopic (exact) mass is 249 g/mol.